The summed E-state index contributed by atoms with van der Waals surface area (Å²) in [5.41, 5.74) is 0. The molecule has 2 aliphatic heterocycles. The van der Waals surface area contributed by atoms with Gasteiger partial charge >= 0.3 is 0 Å². The molecule has 2 aliphatic rings. The van der Waals surface area contributed by atoms with Crippen molar-refractivity contribution in [3.63, 3.8) is 0 Å². The lowest BCUT2D eigenvalue weighted by molar-refractivity contribution is 0.0367. The summed E-state index contributed by atoms with van der Waals surface area (Å²) in [6.07, 6.45) is 1.06. The van der Waals surface area contributed by atoms with E-state index in [2.05, 4.69) is 4.90 Å². The van der Waals surface area contributed by atoms with Crippen molar-refractivity contribution in [1.82, 2.24) is 9.21 Å². The summed E-state index contributed by atoms with van der Waals surface area (Å²) in [7, 11) is -6.83. The second-order valence-electron chi connectivity index (χ2n) is 6.85. The van der Waals surface area contributed by atoms with Gasteiger partial charge in [-0.15, -0.1) is 11.3 Å². The molecule has 1 aromatic rings. The molecule has 7 nitrogen and oxygen atoms in total. The van der Waals surface area contributed by atoms with Crippen LogP contribution in [0.4, 0.5) is 0 Å². The van der Waals surface area contributed by atoms with Gasteiger partial charge in [-0.05, 0) is 38.4 Å². The topological polar surface area (TPSA) is 84.0 Å². The highest BCUT2D eigenvalue weighted by Crippen LogP contribution is 2.29. The highest BCUT2D eigenvalue weighted by atomic mass is 32.2. The maximum Gasteiger partial charge on any atom is 0.252 e. The number of rotatable bonds is 7. The van der Waals surface area contributed by atoms with Crippen molar-refractivity contribution >= 4 is 31.2 Å². The van der Waals surface area contributed by atoms with E-state index in [9.17, 15) is 16.8 Å². The van der Waals surface area contributed by atoms with E-state index < -0.39 is 25.9 Å². The van der Waals surface area contributed by atoms with Gasteiger partial charge in [0.1, 0.15) is 4.21 Å². The first-order chi connectivity index (χ1) is 12.3. The van der Waals surface area contributed by atoms with Crippen LogP contribution in [-0.2, 0) is 24.6 Å². The average molecular weight is 423 g/mol. The average Bonchev–Trinajstić information content (AvgIpc) is 3.18. The fourth-order valence-electron chi connectivity index (χ4n) is 3.44. The van der Waals surface area contributed by atoms with Crippen LogP contribution < -0.4 is 0 Å². The summed E-state index contributed by atoms with van der Waals surface area (Å²) < 4.78 is 57.1. The molecular weight excluding hydrogens is 396 g/mol. The van der Waals surface area contributed by atoms with Crippen LogP contribution in [0.2, 0.25) is 0 Å². The lowest BCUT2D eigenvalue weighted by Gasteiger charge is -2.30. The lowest BCUT2D eigenvalue weighted by atomic mass is 10.2. The molecule has 0 aliphatic carbocycles. The third kappa shape index (κ3) is 4.85. The van der Waals surface area contributed by atoms with Gasteiger partial charge in [0.15, 0.2) is 9.84 Å². The van der Waals surface area contributed by atoms with Gasteiger partial charge in [0, 0.05) is 30.6 Å². The molecule has 0 saturated carbocycles. The van der Waals surface area contributed by atoms with Gasteiger partial charge in [-0.1, -0.05) is 0 Å². The Morgan fingerprint density at radius 3 is 2.62 bits per heavy atom. The Labute approximate surface area is 159 Å². The second-order valence-corrected chi connectivity index (χ2v) is 12.5. The maximum absolute atomic E-state index is 13.1. The summed E-state index contributed by atoms with van der Waals surface area (Å²) in [6.45, 7) is 6.12. The predicted octanol–water partition coefficient (Wildman–Crippen LogP) is 0.957. The SMILES string of the molecule is Cc1ccc(S(=O)(=O)N(CCCN2CCOCC2)C2CCS(=O)(=O)C2)s1. The molecule has 10 heteroatoms. The first kappa shape index (κ1) is 20.2. The van der Waals surface area contributed by atoms with Crippen LogP contribution in [0.1, 0.15) is 17.7 Å². The van der Waals surface area contributed by atoms with E-state index in [4.69, 9.17) is 4.74 Å². The molecule has 0 radical (unpaired) electrons. The van der Waals surface area contributed by atoms with Crippen molar-refractivity contribution in [2.75, 3.05) is 50.9 Å². The normalized spacial score (nSPS) is 24.3. The Bertz CT molecular complexity index is 813. The van der Waals surface area contributed by atoms with Crippen molar-refractivity contribution in [1.29, 1.82) is 0 Å². The van der Waals surface area contributed by atoms with Crippen LogP contribution in [-0.4, -0.2) is 83.0 Å². The molecule has 26 heavy (non-hydrogen) atoms. The summed E-state index contributed by atoms with van der Waals surface area (Å²) in [5, 5.41) is 0. The number of morpholine rings is 1. The monoisotopic (exact) mass is 422 g/mol. The van der Waals surface area contributed by atoms with E-state index in [1.165, 1.54) is 15.6 Å². The number of thiophene rings is 1. The lowest BCUT2D eigenvalue weighted by Crippen LogP contribution is -2.43. The molecule has 0 N–H and O–H groups in total. The molecule has 0 amide bonds. The summed E-state index contributed by atoms with van der Waals surface area (Å²) in [5.74, 6) is -0.00917. The van der Waals surface area contributed by atoms with E-state index in [0.29, 0.717) is 36.8 Å². The number of aryl methyl sites for hydroxylation is 1. The zero-order chi connectivity index (χ0) is 18.8. The number of hydrogen-bond donors (Lipinski definition) is 0. The van der Waals surface area contributed by atoms with Crippen LogP contribution in [0.15, 0.2) is 16.3 Å². The molecule has 3 heterocycles. The highest BCUT2D eigenvalue weighted by molar-refractivity contribution is 7.92. The molecule has 148 valence electrons. The molecule has 1 atom stereocenters. The molecule has 2 fully saturated rings. The summed E-state index contributed by atoms with van der Waals surface area (Å²) in [4.78, 5) is 3.19. The van der Waals surface area contributed by atoms with Crippen molar-refractivity contribution in [3.8, 4) is 0 Å². The zero-order valence-electron chi connectivity index (χ0n) is 15.0. The van der Waals surface area contributed by atoms with Crippen LogP contribution in [0.25, 0.3) is 0 Å². The van der Waals surface area contributed by atoms with Gasteiger partial charge in [-0.2, -0.15) is 4.31 Å². The minimum absolute atomic E-state index is 0.0661. The van der Waals surface area contributed by atoms with Gasteiger partial charge in [0.2, 0.25) is 0 Å². The summed E-state index contributed by atoms with van der Waals surface area (Å²) in [6, 6.07) is 2.94. The molecule has 1 unspecified atom stereocenters. The molecule has 0 aromatic carbocycles. The first-order valence-electron chi connectivity index (χ1n) is 8.87. The molecule has 1 aromatic heterocycles. The van der Waals surface area contributed by atoms with Gasteiger partial charge in [-0.3, -0.25) is 4.90 Å². The minimum atomic E-state index is -3.67. The zero-order valence-corrected chi connectivity index (χ0v) is 17.4. The van der Waals surface area contributed by atoms with Gasteiger partial charge in [0.05, 0.1) is 24.7 Å². The van der Waals surface area contributed by atoms with Crippen molar-refractivity contribution < 1.29 is 21.6 Å². The number of ether oxygens (including phenoxy) is 1. The van der Waals surface area contributed by atoms with Crippen molar-refractivity contribution in [3.05, 3.63) is 17.0 Å². The van der Waals surface area contributed by atoms with E-state index in [-0.39, 0.29) is 11.5 Å². The fraction of sp³-hybridized carbons (Fsp3) is 0.750. The number of nitrogens with zero attached hydrogens (tertiary/aromatic N) is 2. The second kappa shape index (κ2) is 8.24. The standard InChI is InChI=1S/C16H26N2O5S3/c1-14-3-4-16(24-14)26(21,22)18(15-5-12-25(19,20)13-15)7-2-6-17-8-10-23-11-9-17/h3-4,15H,2,5-13H2,1H3. The largest absolute Gasteiger partial charge is 0.379 e. The van der Waals surface area contributed by atoms with Crippen LogP contribution in [0.3, 0.4) is 0 Å². The highest BCUT2D eigenvalue weighted by Gasteiger charge is 2.39. The molecule has 3 rings (SSSR count). The maximum atomic E-state index is 13.1. The Hall–Kier alpha value is -0.520. The van der Waals surface area contributed by atoms with Crippen LogP contribution in [0.5, 0.6) is 0 Å². The Kier molecular flexibility index (Phi) is 6.41. The number of sulfonamides is 1. The minimum Gasteiger partial charge on any atom is -0.379 e. The quantitative estimate of drug-likeness (QED) is 0.651. The van der Waals surface area contributed by atoms with Gasteiger partial charge in [0.25, 0.3) is 10.0 Å². The molecule has 2 saturated heterocycles. The Morgan fingerprint density at radius 2 is 2.04 bits per heavy atom. The Morgan fingerprint density at radius 1 is 1.31 bits per heavy atom. The molecular formula is C16H26N2O5S3. The van der Waals surface area contributed by atoms with Crippen molar-refractivity contribution in [2.45, 2.75) is 30.0 Å². The summed E-state index contributed by atoms with van der Waals surface area (Å²) >= 11 is 1.24. The van der Waals surface area contributed by atoms with Crippen LogP contribution >= 0.6 is 11.3 Å². The van der Waals surface area contributed by atoms with E-state index in [0.717, 1.165) is 24.5 Å². The van der Waals surface area contributed by atoms with Crippen molar-refractivity contribution in [2.24, 2.45) is 0 Å². The first-order valence-corrected chi connectivity index (χ1v) is 12.9. The van der Waals surface area contributed by atoms with Gasteiger partial charge < -0.3 is 4.74 Å². The van der Waals surface area contributed by atoms with E-state index >= 15 is 0 Å². The number of sulfone groups is 1. The molecule has 0 bridgehead atoms. The third-order valence-electron chi connectivity index (χ3n) is 4.85. The predicted molar refractivity (Wildman–Crippen MR) is 102 cm³/mol. The Balaban J connectivity index is 1.73. The third-order valence-corrected chi connectivity index (χ3v) is 10.0. The fourth-order valence-corrected chi connectivity index (χ4v) is 8.37. The van der Waals surface area contributed by atoms with E-state index in [1.807, 2.05) is 6.92 Å². The number of hydrogen-bond acceptors (Lipinski definition) is 7. The van der Waals surface area contributed by atoms with E-state index in [1.54, 1.807) is 12.1 Å². The van der Waals surface area contributed by atoms with Crippen LogP contribution in [0, 0.1) is 6.92 Å². The smallest absolute Gasteiger partial charge is 0.252 e. The van der Waals surface area contributed by atoms with Gasteiger partial charge in [-0.25, -0.2) is 16.8 Å². The molecule has 0 spiro atoms.